The fourth-order valence-electron chi connectivity index (χ4n) is 3.05. The van der Waals surface area contributed by atoms with Crippen molar-refractivity contribution in [3.63, 3.8) is 0 Å². The van der Waals surface area contributed by atoms with E-state index in [1.165, 1.54) is 6.42 Å². The highest BCUT2D eigenvalue weighted by Crippen LogP contribution is 2.52. The first-order valence-electron chi connectivity index (χ1n) is 6.81. The minimum atomic E-state index is -3.22. The van der Waals surface area contributed by atoms with Gasteiger partial charge in [0, 0.05) is 0 Å². The average molecular weight is 261 g/mol. The summed E-state index contributed by atoms with van der Waals surface area (Å²) in [5, 5.41) is 9.88. The van der Waals surface area contributed by atoms with Crippen LogP contribution in [0.3, 0.4) is 0 Å². The molecule has 1 heterocycles. The van der Waals surface area contributed by atoms with E-state index in [1.54, 1.807) is 0 Å². The number of nitrogens with zero attached hydrogens (tertiary/aromatic N) is 1. The molecule has 0 spiro atoms. The van der Waals surface area contributed by atoms with Crippen LogP contribution in [0.25, 0.3) is 0 Å². The summed E-state index contributed by atoms with van der Waals surface area (Å²) in [6.45, 7) is 1.88. The molecule has 2 N–H and O–H groups in total. The number of rotatable bonds is 3. The van der Waals surface area contributed by atoms with E-state index in [2.05, 4.69) is 4.90 Å². The third kappa shape index (κ3) is 3.54. The molecule has 0 aromatic heterocycles. The molecule has 1 unspecified atom stereocenters. The fourth-order valence-corrected chi connectivity index (χ4v) is 5.39. The molecule has 100 valence electrons. The SMILES string of the molecule is O=P(O)(CN1CCCCC1)[C@@H]1CCCC[C@@H]1O. The van der Waals surface area contributed by atoms with Gasteiger partial charge >= 0.3 is 0 Å². The van der Waals surface area contributed by atoms with E-state index in [4.69, 9.17) is 0 Å². The molecule has 2 aliphatic rings. The molecule has 3 atom stereocenters. The topological polar surface area (TPSA) is 60.8 Å². The standard InChI is InChI=1S/C12H24NO3P/c14-11-6-2-3-7-12(11)17(15,16)10-13-8-4-1-5-9-13/h11-12,14H,1-10H2,(H,15,16)/t11-,12+/m0/s1. The molecule has 0 aromatic carbocycles. The molecule has 0 amide bonds. The minimum Gasteiger partial charge on any atom is -0.392 e. The molecular weight excluding hydrogens is 237 g/mol. The molecule has 2 fully saturated rings. The van der Waals surface area contributed by atoms with Crippen molar-refractivity contribution in [2.45, 2.75) is 56.7 Å². The van der Waals surface area contributed by atoms with E-state index in [0.29, 0.717) is 12.8 Å². The summed E-state index contributed by atoms with van der Waals surface area (Å²) in [5.74, 6) is 0. The number of hydrogen-bond acceptors (Lipinski definition) is 3. The molecule has 1 saturated carbocycles. The maximum Gasteiger partial charge on any atom is 0.219 e. The summed E-state index contributed by atoms with van der Waals surface area (Å²) in [6, 6.07) is 0. The lowest BCUT2D eigenvalue weighted by Gasteiger charge is -2.35. The van der Waals surface area contributed by atoms with E-state index in [0.717, 1.165) is 38.8 Å². The second-order valence-electron chi connectivity index (χ2n) is 5.49. The van der Waals surface area contributed by atoms with Gasteiger partial charge in [-0.1, -0.05) is 19.3 Å². The molecular formula is C12H24NO3P. The molecule has 17 heavy (non-hydrogen) atoms. The third-order valence-electron chi connectivity index (χ3n) is 4.06. The molecule has 0 radical (unpaired) electrons. The molecule has 1 aliphatic heterocycles. The van der Waals surface area contributed by atoms with Crippen LogP contribution in [0, 0.1) is 0 Å². The van der Waals surface area contributed by atoms with Gasteiger partial charge in [0.1, 0.15) is 0 Å². The Morgan fingerprint density at radius 1 is 1.06 bits per heavy atom. The van der Waals surface area contributed by atoms with Gasteiger partial charge in [0.05, 0.1) is 18.0 Å². The van der Waals surface area contributed by atoms with Crippen LogP contribution in [0.15, 0.2) is 0 Å². The van der Waals surface area contributed by atoms with E-state index >= 15 is 0 Å². The lowest BCUT2D eigenvalue weighted by molar-refractivity contribution is 0.126. The first-order valence-corrected chi connectivity index (χ1v) is 8.73. The number of aliphatic hydroxyl groups is 1. The number of likely N-dealkylation sites (tertiary alicyclic amines) is 1. The minimum absolute atomic E-state index is 0.286. The first-order chi connectivity index (χ1) is 8.09. The molecule has 1 saturated heterocycles. The number of hydrogen-bond donors (Lipinski definition) is 2. The molecule has 2 rings (SSSR count). The predicted molar refractivity (Wildman–Crippen MR) is 68.4 cm³/mol. The normalized spacial score (nSPS) is 35.4. The van der Waals surface area contributed by atoms with E-state index in [9.17, 15) is 14.6 Å². The highest BCUT2D eigenvalue weighted by atomic mass is 31.2. The Morgan fingerprint density at radius 2 is 1.71 bits per heavy atom. The summed E-state index contributed by atoms with van der Waals surface area (Å²) in [5.41, 5.74) is -0.377. The lowest BCUT2D eigenvalue weighted by Crippen LogP contribution is -2.36. The number of piperidine rings is 1. The summed E-state index contributed by atoms with van der Waals surface area (Å²) >= 11 is 0. The zero-order chi connectivity index (χ0) is 12.3. The van der Waals surface area contributed by atoms with Gasteiger partial charge in [-0.25, -0.2) is 0 Å². The van der Waals surface area contributed by atoms with Gasteiger partial charge in [0.2, 0.25) is 7.37 Å². The third-order valence-corrected chi connectivity index (χ3v) is 6.51. The Labute approximate surface area is 103 Å². The summed E-state index contributed by atoms with van der Waals surface area (Å²) in [4.78, 5) is 12.3. The quantitative estimate of drug-likeness (QED) is 0.763. The zero-order valence-corrected chi connectivity index (χ0v) is 11.3. The molecule has 1 aliphatic carbocycles. The van der Waals surface area contributed by atoms with Crippen LogP contribution >= 0.6 is 7.37 Å². The van der Waals surface area contributed by atoms with Gasteiger partial charge in [-0.3, -0.25) is 9.46 Å². The van der Waals surface area contributed by atoms with Gasteiger partial charge in [-0.05, 0) is 38.8 Å². The van der Waals surface area contributed by atoms with Crippen molar-refractivity contribution < 1.29 is 14.6 Å². The van der Waals surface area contributed by atoms with Crippen molar-refractivity contribution in [2.24, 2.45) is 0 Å². The zero-order valence-electron chi connectivity index (χ0n) is 10.4. The molecule has 4 nitrogen and oxygen atoms in total. The Morgan fingerprint density at radius 3 is 2.35 bits per heavy atom. The largest absolute Gasteiger partial charge is 0.392 e. The number of aliphatic hydroxyl groups excluding tert-OH is 1. The highest BCUT2D eigenvalue weighted by molar-refractivity contribution is 7.58. The summed E-state index contributed by atoms with van der Waals surface area (Å²) in [7, 11) is -3.22. The smallest absolute Gasteiger partial charge is 0.219 e. The van der Waals surface area contributed by atoms with Crippen LogP contribution in [-0.2, 0) is 4.57 Å². The van der Waals surface area contributed by atoms with E-state index in [1.807, 2.05) is 0 Å². The first kappa shape index (κ1) is 13.5. The van der Waals surface area contributed by atoms with Crippen molar-refractivity contribution in [3.05, 3.63) is 0 Å². The monoisotopic (exact) mass is 261 g/mol. The summed E-state index contributed by atoms with van der Waals surface area (Å²) < 4.78 is 12.4. The van der Waals surface area contributed by atoms with Crippen LogP contribution in [-0.4, -0.2) is 46.0 Å². The average Bonchev–Trinajstić information content (AvgIpc) is 2.30. The van der Waals surface area contributed by atoms with Gasteiger partial charge < -0.3 is 10.00 Å². The van der Waals surface area contributed by atoms with E-state index in [-0.39, 0.29) is 11.9 Å². The second kappa shape index (κ2) is 5.83. The second-order valence-corrected chi connectivity index (χ2v) is 7.95. The lowest BCUT2D eigenvalue weighted by atomic mass is 9.97. The Kier molecular flexibility index (Phi) is 4.65. The van der Waals surface area contributed by atoms with Crippen LogP contribution in [0.4, 0.5) is 0 Å². The fraction of sp³-hybridized carbons (Fsp3) is 1.00. The highest BCUT2D eigenvalue weighted by Gasteiger charge is 2.39. The van der Waals surface area contributed by atoms with Crippen LogP contribution in [0.1, 0.15) is 44.9 Å². The Bertz CT molecular complexity index is 291. The molecule has 0 bridgehead atoms. The van der Waals surface area contributed by atoms with Crippen molar-refractivity contribution in [2.75, 3.05) is 19.4 Å². The Hall–Kier alpha value is 0.110. The van der Waals surface area contributed by atoms with Gasteiger partial charge in [-0.2, -0.15) is 0 Å². The molecule has 0 aromatic rings. The maximum absolute atomic E-state index is 12.4. The molecule has 5 heteroatoms. The van der Waals surface area contributed by atoms with Crippen molar-refractivity contribution in [3.8, 4) is 0 Å². The van der Waals surface area contributed by atoms with E-state index < -0.39 is 13.5 Å². The van der Waals surface area contributed by atoms with Crippen LogP contribution < -0.4 is 0 Å². The van der Waals surface area contributed by atoms with Gasteiger partial charge in [0.25, 0.3) is 0 Å². The van der Waals surface area contributed by atoms with Crippen molar-refractivity contribution >= 4 is 7.37 Å². The Balaban J connectivity index is 1.94. The van der Waals surface area contributed by atoms with Crippen LogP contribution in [0.2, 0.25) is 0 Å². The maximum atomic E-state index is 12.4. The van der Waals surface area contributed by atoms with Gasteiger partial charge in [-0.15, -0.1) is 0 Å². The van der Waals surface area contributed by atoms with Crippen molar-refractivity contribution in [1.29, 1.82) is 0 Å². The van der Waals surface area contributed by atoms with Crippen LogP contribution in [0.5, 0.6) is 0 Å². The van der Waals surface area contributed by atoms with Gasteiger partial charge in [0.15, 0.2) is 0 Å². The van der Waals surface area contributed by atoms with Crippen molar-refractivity contribution in [1.82, 2.24) is 4.90 Å². The predicted octanol–water partition coefficient (Wildman–Crippen LogP) is 2.00. The summed E-state index contributed by atoms with van der Waals surface area (Å²) in [6.07, 6.45) is 6.59.